The Morgan fingerprint density at radius 2 is 0.892 bits per heavy atom. The number of carboxylic acid groups (broad SMARTS) is 4. The van der Waals surface area contributed by atoms with Gasteiger partial charge in [0, 0.05) is 46.5 Å². The number of hydrogen-bond acceptors (Lipinski definition) is 6. The summed E-state index contributed by atoms with van der Waals surface area (Å²) in [6, 6.07) is 0.562. The maximum Gasteiger partial charge on any atom is 0.414 e. The van der Waals surface area contributed by atoms with Crippen molar-refractivity contribution in [1.82, 2.24) is 0 Å². The zero-order valence-electron chi connectivity index (χ0n) is 22.8. The van der Waals surface area contributed by atoms with Gasteiger partial charge in [0.25, 0.3) is 5.97 Å². The average Bonchev–Trinajstić information content (AvgIpc) is 2.79. The molecule has 10 nitrogen and oxygen atoms in total. The molecule has 0 aromatic rings. The van der Waals surface area contributed by atoms with E-state index in [1.165, 1.54) is 83.5 Å². The van der Waals surface area contributed by atoms with Crippen LogP contribution in [0.15, 0.2) is 0 Å². The second kappa shape index (κ2) is 32.5. The molecule has 0 bridgehead atoms. The summed E-state index contributed by atoms with van der Waals surface area (Å²) in [5.74, 6) is -5.14. The second-order valence-electron chi connectivity index (χ2n) is 9.13. The number of hydrogen-bond donors (Lipinski definition) is 6. The van der Waals surface area contributed by atoms with Crippen LogP contribution in [0, 0.1) is 0 Å². The Bertz CT molecular complexity index is 539. The number of aliphatic carboxylic acids is 4. The van der Waals surface area contributed by atoms with E-state index in [0.717, 1.165) is 32.6 Å². The standard InChI is InChI=1S/C16H32O2.C6H14N2.C2H2O4.C2H4O2.Pt/c1-2-3-4-5-6-7-8-9-10-11-12-13-14-15-16(17)18;7-5-3-1-2-4-6(5)8;3-1(4)2(5)6;1-2(3)4;/h2-15H2,1H3,(H,17,18);5-6H,1-4,7-8H2;(H,3,4)(H,5,6);1H3,(H,3,4);/t;5-,6-;;;/m.1.../s1. The summed E-state index contributed by atoms with van der Waals surface area (Å²) < 4.78 is 0. The van der Waals surface area contributed by atoms with Gasteiger partial charge in [-0.15, -0.1) is 0 Å². The zero-order chi connectivity index (χ0) is 28.2. The van der Waals surface area contributed by atoms with Crippen molar-refractivity contribution >= 4 is 23.9 Å². The zero-order valence-corrected chi connectivity index (χ0v) is 25.0. The van der Waals surface area contributed by atoms with Crippen LogP contribution < -0.4 is 11.5 Å². The van der Waals surface area contributed by atoms with Crippen molar-refractivity contribution in [2.75, 3.05) is 0 Å². The van der Waals surface area contributed by atoms with Gasteiger partial charge in [0.05, 0.1) is 0 Å². The molecule has 0 amide bonds. The third kappa shape index (κ3) is 44.9. The van der Waals surface area contributed by atoms with Crippen LogP contribution >= 0.6 is 0 Å². The molecule has 1 saturated carbocycles. The number of nitrogens with two attached hydrogens (primary N) is 2. The molecule has 0 radical (unpaired) electrons. The minimum absolute atomic E-state index is 0. The molecule has 37 heavy (non-hydrogen) atoms. The van der Waals surface area contributed by atoms with Crippen molar-refractivity contribution in [1.29, 1.82) is 0 Å². The molecule has 1 aliphatic rings. The van der Waals surface area contributed by atoms with Gasteiger partial charge in [0.2, 0.25) is 0 Å². The maximum atomic E-state index is 10.3. The van der Waals surface area contributed by atoms with Crippen molar-refractivity contribution in [3.63, 3.8) is 0 Å². The predicted molar refractivity (Wildman–Crippen MR) is 141 cm³/mol. The Kier molecular flexibility index (Phi) is 37.4. The third-order valence-corrected chi connectivity index (χ3v) is 5.55. The van der Waals surface area contributed by atoms with Gasteiger partial charge in [-0.25, -0.2) is 9.59 Å². The van der Waals surface area contributed by atoms with Gasteiger partial charge in [0.1, 0.15) is 0 Å². The topological polar surface area (TPSA) is 201 Å². The van der Waals surface area contributed by atoms with E-state index in [1.54, 1.807) is 0 Å². The quantitative estimate of drug-likeness (QED) is 0.105. The van der Waals surface area contributed by atoms with E-state index in [1.807, 2.05) is 0 Å². The van der Waals surface area contributed by atoms with Crippen LogP contribution in [0.1, 0.15) is 129 Å². The van der Waals surface area contributed by atoms with Gasteiger partial charge < -0.3 is 31.9 Å². The maximum absolute atomic E-state index is 10.3. The van der Waals surface area contributed by atoms with Crippen molar-refractivity contribution in [3.05, 3.63) is 0 Å². The van der Waals surface area contributed by atoms with Gasteiger partial charge >= 0.3 is 17.9 Å². The van der Waals surface area contributed by atoms with E-state index in [9.17, 15) is 4.79 Å². The largest absolute Gasteiger partial charge is 0.481 e. The van der Waals surface area contributed by atoms with Crippen LogP contribution in [0.25, 0.3) is 0 Å². The van der Waals surface area contributed by atoms with E-state index in [2.05, 4.69) is 6.92 Å². The van der Waals surface area contributed by atoms with Crippen LogP contribution in [0.2, 0.25) is 0 Å². The van der Waals surface area contributed by atoms with Crippen LogP contribution in [0.5, 0.6) is 0 Å². The normalized spacial score (nSPS) is 15.7. The summed E-state index contributed by atoms with van der Waals surface area (Å²) in [7, 11) is 0. The fourth-order valence-corrected chi connectivity index (χ4v) is 3.48. The molecule has 11 heteroatoms. The molecule has 1 aliphatic carbocycles. The van der Waals surface area contributed by atoms with Crippen molar-refractivity contribution in [3.8, 4) is 0 Å². The minimum atomic E-state index is -1.82. The molecule has 0 unspecified atom stereocenters. The van der Waals surface area contributed by atoms with E-state index in [0.29, 0.717) is 6.42 Å². The first kappa shape index (κ1) is 42.6. The molecule has 0 spiro atoms. The molecular weight excluding hydrogens is 663 g/mol. The van der Waals surface area contributed by atoms with Gasteiger partial charge in [-0.2, -0.15) is 0 Å². The molecule has 8 N–H and O–H groups in total. The summed E-state index contributed by atoms with van der Waals surface area (Å²) in [6.45, 7) is 3.34. The van der Waals surface area contributed by atoms with Gasteiger partial charge in [-0.3, -0.25) is 9.59 Å². The predicted octanol–water partition coefficient (Wildman–Crippen LogP) is 5.01. The summed E-state index contributed by atoms with van der Waals surface area (Å²) >= 11 is 0. The number of carboxylic acids is 4. The Morgan fingerprint density at radius 3 is 1.11 bits per heavy atom. The van der Waals surface area contributed by atoms with Gasteiger partial charge in [-0.1, -0.05) is 96.8 Å². The van der Waals surface area contributed by atoms with E-state index in [-0.39, 0.29) is 33.1 Å². The van der Waals surface area contributed by atoms with E-state index >= 15 is 0 Å². The van der Waals surface area contributed by atoms with Crippen LogP contribution in [0.3, 0.4) is 0 Å². The second-order valence-corrected chi connectivity index (χ2v) is 9.13. The van der Waals surface area contributed by atoms with Gasteiger partial charge in [-0.05, 0) is 19.3 Å². The number of unbranched alkanes of at least 4 members (excludes halogenated alkanes) is 12. The molecular formula is C26H52N2O8Pt. The summed E-state index contributed by atoms with van der Waals surface area (Å²) in [5, 5.41) is 30.7. The summed E-state index contributed by atoms with van der Waals surface area (Å²) in [6.07, 6.45) is 22.1. The molecule has 224 valence electrons. The first-order chi connectivity index (χ1) is 16.9. The molecule has 1 rings (SSSR count). The monoisotopic (exact) mass is 715 g/mol. The molecule has 0 saturated heterocycles. The summed E-state index contributed by atoms with van der Waals surface area (Å²) in [5.41, 5.74) is 11.3. The van der Waals surface area contributed by atoms with Gasteiger partial charge in [0.15, 0.2) is 0 Å². The Balaban J connectivity index is -0.000000235. The van der Waals surface area contributed by atoms with Crippen LogP contribution in [-0.2, 0) is 40.2 Å². The fourth-order valence-electron chi connectivity index (χ4n) is 3.48. The first-order valence-electron chi connectivity index (χ1n) is 13.3. The molecule has 0 aliphatic heterocycles. The summed E-state index contributed by atoms with van der Waals surface area (Å²) in [4.78, 5) is 37.5. The minimum Gasteiger partial charge on any atom is -0.481 e. The van der Waals surface area contributed by atoms with Crippen molar-refractivity contribution in [2.24, 2.45) is 11.5 Å². The van der Waals surface area contributed by atoms with Crippen LogP contribution in [0.4, 0.5) is 0 Å². The molecule has 0 aromatic heterocycles. The Labute approximate surface area is 237 Å². The van der Waals surface area contributed by atoms with E-state index in [4.69, 9.17) is 46.3 Å². The smallest absolute Gasteiger partial charge is 0.414 e. The number of carbonyl (C=O) groups is 4. The average molecular weight is 716 g/mol. The van der Waals surface area contributed by atoms with Crippen molar-refractivity contribution in [2.45, 2.75) is 142 Å². The molecule has 0 heterocycles. The van der Waals surface area contributed by atoms with E-state index < -0.39 is 23.9 Å². The molecule has 1 fully saturated rings. The number of rotatable bonds is 14. The molecule has 0 aromatic carbocycles. The first-order valence-corrected chi connectivity index (χ1v) is 13.3. The van der Waals surface area contributed by atoms with Crippen LogP contribution in [-0.4, -0.2) is 56.4 Å². The SMILES string of the molecule is CC(=O)O.CCCCCCCCCCCCCCCC(=O)O.N[C@@H]1CCCC[C@H]1N.O=C(O)C(=O)O.[Pt]. The third-order valence-electron chi connectivity index (χ3n) is 5.55. The fraction of sp³-hybridized carbons (Fsp3) is 0.846. The van der Waals surface area contributed by atoms with Crippen molar-refractivity contribution < 1.29 is 60.7 Å². The molecule has 2 atom stereocenters. The Morgan fingerprint density at radius 1 is 0.622 bits per heavy atom. The Hall–Kier alpha value is -1.51.